The first-order valence-corrected chi connectivity index (χ1v) is 3.90. The van der Waals surface area contributed by atoms with Crippen LogP contribution in [0, 0.1) is 11.3 Å². The highest BCUT2D eigenvalue weighted by molar-refractivity contribution is 5.32. The first kappa shape index (κ1) is 8.69. The topological polar surface area (TPSA) is 62.7 Å². The second-order valence-corrected chi connectivity index (χ2v) is 2.48. The van der Waals surface area contributed by atoms with Crippen molar-refractivity contribution < 1.29 is 0 Å². The van der Waals surface area contributed by atoms with E-state index in [2.05, 4.69) is 4.98 Å². The molecule has 0 spiro atoms. The van der Waals surface area contributed by atoms with E-state index in [0.717, 1.165) is 17.7 Å². The molecule has 1 aromatic heterocycles. The van der Waals surface area contributed by atoms with Crippen molar-refractivity contribution in [3.63, 3.8) is 0 Å². The van der Waals surface area contributed by atoms with Gasteiger partial charge >= 0.3 is 0 Å². The molecule has 0 unspecified atom stereocenters. The second kappa shape index (κ2) is 3.84. The number of hydrogen-bond donors (Lipinski definition) is 1. The Bertz CT molecular complexity index is 312. The van der Waals surface area contributed by atoms with Crippen molar-refractivity contribution in [2.45, 2.75) is 19.9 Å². The van der Waals surface area contributed by atoms with Crippen LogP contribution in [0.25, 0.3) is 0 Å². The highest BCUT2D eigenvalue weighted by Gasteiger charge is 2.01. The zero-order valence-corrected chi connectivity index (χ0v) is 7.04. The molecule has 1 aromatic rings. The minimum absolute atomic E-state index is 0.375. The van der Waals surface area contributed by atoms with Crippen molar-refractivity contribution in [3.05, 3.63) is 29.1 Å². The molecule has 1 rings (SSSR count). The van der Waals surface area contributed by atoms with Gasteiger partial charge < -0.3 is 5.73 Å². The van der Waals surface area contributed by atoms with Gasteiger partial charge in [-0.2, -0.15) is 5.26 Å². The Morgan fingerprint density at radius 2 is 2.33 bits per heavy atom. The molecule has 3 heteroatoms. The molecule has 0 aliphatic rings. The molecule has 0 fully saturated rings. The van der Waals surface area contributed by atoms with Gasteiger partial charge in [0.2, 0.25) is 0 Å². The van der Waals surface area contributed by atoms with Gasteiger partial charge in [0.25, 0.3) is 0 Å². The van der Waals surface area contributed by atoms with Gasteiger partial charge in [0.05, 0.1) is 0 Å². The van der Waals surface area contributed by atoms with Crippen LogP contribution in [0.4, 0.5) is 0 Å². The van der Waals surface area contributed by atoms with E-state index in [1.165, 1.54) is 0 Å². The van der Waals surface area contributed by atoms with Crippen LogP contribution in [0.3, 0.4) is 0 Å². The average molecular weight is 161 g/mol. The number of nitrogens with two attached hydrogens (primary N) is 1. The zero-order valence-electron chi connectivity index (χ0n) is 7.04. The molecule has 0 bridgehead atoms. The second-order valence-electron chi connectivity index (χ2n) is 2.48. The Hall–Kier alpha value is -1.40. The molecule has 62 valence electrons. The Labute approximate surface area is 71.8 Å². The van der Waals surface area contributed by atoms with Gasteiger partial charge in [0.15, 0.2) is 0 Å². The van der Waals surface area contributed by atoms with Crippen molar-refractivity contribution in [1.29, 1.82) is 5.26 Å². The molecule has 0 radical (unpaired) electrons. The number of nitrogens with zero attached hydrogens (tertiary/aromatic N) is 2. The highest BCUT2D eigenvalue weighted by Crippen LogP contribution is 2.06. The summed E-state index contributed by atoms with van der Waals surface area (Å²) in [5.74, 6) is 0. The van der Waals surface area contributed by atoms with Crippen LogP contribution in [-0.4, -0.2) is 4.98 Å². The molecule has 2 N–H and O–H groups in total. The van der Waals surface area contributed by atoms with Gasteiger partial charge in [-0.05, 0) is 12.5 Å². The predicted octanol–water partition coefficient (Wildman–Crippen LogP) is 0.974. The normalized spacial score (nSPS) is 9.42. The lowest BCUT2D eigenvalue weighted by Gasteiger charge is -2.01. The summed E-state index contributed by atoms with van der Waals surface area (Å²) >= 11 is 0. The SMILES string of the molecule is CCc1ccc(CN)c(C#N)n1. The lowest BCUT2D eigenvalue weighted by molar-refractivity contribution is 0.973. The molecule has 0 saturated heterocycles. The van der Waals surface area contributed by atoms with Gasteiger partial charge in [-0.25, -0.2) is 4.98 Å². The van der Waals surface area contributed by atoms with Crippen LogP contribution in [0.5, 0.6) is 0 Å². The number of rotatable bonds is 2. The minimum Gasteiger partial charge on any atom is -0.326 e. The Kier molecular flexibility index (Phi) is 2.78. The van der Waals surface area contributed by atoms with Crippen molar-refractivity contribution in [2.24, 2.45) is 5.73 Å². The van der Waals surface area contributed by atoms with Gasteiger partial charge in [-0.1, -0.05) is 13.0 Å². The summed E-state index contributed by atoms with van der Waals surface area (Å²) in [6.07, 6.45) is 0.847. The van der Waals surface area contributed by atoms with E-state index >= 15 is 0 Å². The predicted molar refractivity (Wildman–Crippen MR) is 46.2 cm³/mol. The molecular formula is C9H11N3. The third kappa shape index (κ3) is 1.60. The van der Waals surface area contributed by atoms with Gasteiger partial charge in [-0.3, -0.25) is 0 Å². The van der Waals surface area contributed by atoms with Crippen LogP contribution in [0.15, 0.2) is 12.1 Å². The minimum atomic E-state index is 0.375. The lowest BCUT2D eigenvalue weighted by Crippen LogP contribution is -2.02. The Balaban J connectivity index is 3.13. The molecule has 1 heterocycles. The summed E-state index contributed by atoms with van der Waals surface area (Å²) in [4.78, 5) is 4.14. The summed E-state index contributed by atoms with van der Waals surface area (Å²) in [6.45, 7) is 2.38. The maximum Gasteiger partial charge on any atom is 0.145 e. The fourth-order valence-corrected chi connectivity index (χ4v) is 0.987. The number of aryl methyl sites for hydroxylation is 1. The fourth-order valence-electron chi connectivity index (χ4n) is 0.987. The zero-order chi connectivity index (χ0) is 8.97. The number of hydrogen-bond acceptors (Lipinski definition) is 3. The van der Waals surface area contributed by atoms with Crippen molar-refractivity contribution in [3.8, 4) is 6.07 Å². The van der Waals surface area contributed by atoms with Gasteiger partial charge in [-0.15, -0.1) is 0 Å². The maximum absolute atomic E-state index is 8.70. The summed E-state index contributed by atoms with van der Waals surface area (Å²) < 4.78 is 0. The Morgan fingerprint density at radius 1 is 1.58 bits per heavy atom. The summed E-state index contributed by atoms with van der Waals surface area (Å²) in [5, 5.41) is 8.70. The average Bonchev–Trinajstić information content (AvgIpc) is 2.16. The third-order valence-corrected chi connectivity index (χ3v) is 1.72. The van der Waals surface area contributed by atoms with Crippen molar-refractivity contribution >= 4 is 0 Å². The van der Waals surface area contributed by atoms with Crippen LogP contribution in [-0.2, 0) is 13.0 Å². The highest BCUT2D eigenvalue weighted by atomic mass is 14.7. The van der Waals surface area contributed by atoms with E-state index in [4.69, 9.17) is 11.0 Å². The van der Waals surface area contributed by atoms with Crippen LogP contribution < -0.4 is 5.73 Å². The van der Waals surface area contributed by atoms with E-state index in [9.17, 15) is 0 Å². The van der Waals surface area contributed by atoms with E-state index in [-0.39, 0.29) is 0 Å². The van der Waals surface area contributed by atoms with Crippen LogP contribution in [0.1, 0.15) is 23.9 Å². The Morgan fingerprint density at radius 3 is 2.83 bits per heavy atom. The number of nitriles is 1. The first-order valence-electron chi connectivity index (χ1n) is 3.90. The number of pyridine rings is 1. The van der Waals surface area contributed by atoms with E-state index in [1.54, 1.807) is 0 Å². The molecule has 0 amide bonds. The van der Waals surface area contributed by atoms with Crippen LogP contribution >= 0.6 is 0 Å². The van der Waals surface area contributed by atoms with Crippen molar-refractivity contribution in [1.82, 2.24) is 4.98 Å². The molecule has 3 nitrogen and oxygen atoms in total. The van der Waals surface area contributed by atoms with Gasteiger partial charge in [0.1, 0.15) is 11.8 Å². The summed E-state index contributed by atoms with van der Waals surface area (Å²) in [5.41, 5.74) is 7.63. The molecule has 0 aliphatic carbocycles. The molecule has 0 saturated carbocycles. The number of aromatic nitrogens is 1. The quantitative estimate of drug-likeness (QED) is 0.703. The van der Waals surface area contributed by atoms with E-state index < -0.39 is 0 Å². The monoisotopic (exact) mass is 161 g/mol. The van der Waals surface area contributed by atoms with Gasteiger partial charge in [0, 0.05) is 17.8 Å². The van der Waals surface area contributed by atoms with Crippen molar-refractivity contribution in [2.75, 3.05) is 0 Å². The summed E-state index contributed by atoms with van der Waals surface area (Å²) in [6, 6.07) is 5.80. The molecule has 0 aromatic carbocycles. The molecule has 12 heavy (non-hydrogen) atoms. The largest absolute Gasteiger partial charge is 0.326 e. The molecule has 0 atom stereocenters. The van der Waals surface area contributed by atoms with E-state index in [1.807, 2.05) is 25.1 Å². The smallest absolute Gasteiger partial charge is 0.145 e. The molecule has 0 aliphatic heterocycles. The summed E-state index contributed by atoms with van der Waals surface area (Å²) in [7, 11) is 0. The van der Waals surface area contributed by atoms with Crippen LogP contribution in [0.2, 0.25) is 0 Å². The first-order chi connectivity index (χ1) is 5.81. The fraction of sp³-hybridized carbons (Fsp3) is 0.333. The molecular weight excluding hydrogens is 150 g/mol. The lowest BCUT2D eigenvalue weighted by atomic mass is 10.1. The standard InChI is InChI=1S/C9H11N3/c1-2-8-4-3-7(5-10)9(6-11)12-8/h3-4H,2,5,10H2,1H3. The van der Waals surface area contributed by atoms with E-state index in [0.29, 0.717) is 12.2 Å². The maximum atomic E-state index is 8.70. The third-order valence-electron chi connectivity index (χ3n) is 1.72.